The van der Waals surface area contributed by atoms with E-state index >= 15 is 0 Å². The molecule has 0 aliphatic carbocycles. The Hall–Kier alpha value is -3.59. The molecule has 43 heavy (non-hydrogen) atoms. The van der Waals surface area contributed by atoms with Crippen molar-refractivity contribution in [1.29, 1.82) is 0 Å². The minimum Gasteiger partial charge on any atom is -0.350 e. The SMILES string of the molecule is Cl.NCC(=O)Nc1cccc(-c2nc3sccn3c2-c2ccnc(N[C@@H]3CCCN(S(=O)(=O)c4ccc(Cl)cc4)C3)n2)c1. The zero-order valence-corrected chi connectivity index (χ0v) is 25.9. The lowest BCUT2D eigenvalue weighted by Crippen LogP contribution is -2.45. The molecule has 15 heteroatoms. The molecular weight excluding hydrogens is 631 g/mol. The number of amides is 1. The quantitative estimate of drug-likeness (QED) is 0.216. The molecule has 0 unspecified atom stereocenters. The third-order valence-electron chi connectivity index (χ3n) is 6.93. The van der Waals surface area contributed by atoms with E-state index in [1.165, 1.54) is 27.8 Å². The molecule has 5 aromatic rings. The standard InChI is InChI=1S/C28H27ClN8O3S2.ClH/c29-19-6-8-22(9-7-19)42(39,40)36-12-2-5-21(17-36)33-27-31-11-10-23(34-27)26-25(35-28-37(26)13-14-41-28)18-3-1-4-20(15-18)32-24(38)16-30;/h1,3-4,6-11,13-15,21H,2,5,12,16-17,30H2,(H,32,38)(H,31,33,34);1H/t21-;/m1./s1. The number of sulfonamides is 1. The van der Waals surface area contributed by atoms with Crippen LogP contribution in [0.5, 0.6) is 0 Å². The molecule has 1 amide bonds. The third kappa shape index (κ3) is 6.51. The number of carbonyl (C=O) groups excluding carboxylic acids is 1. The van der Waals surface area contributed by atoms with Crippen molar-refractivity contribution in [2.45, 2.75) is 23.8 Å². The number of rotatable bonds is 8. The second-order valence-corrected chi connectivity index (χ2v) is 13.0. The van der Waals surface area contributed by atoms with Gasteiger partial charge in [0.15, 0.2) is 4.96 Å². The van der Waals surface area contributed by atoms with Crippen molar-refractivity contribution in [3.8, 4) is 22.6 Å². The van der Waals surface area contributed by atoms with Gasteiger partial charge in [0.1, 0.15) is 5.69 Å². The summed E-state index contributed by atoms with van der Waals surface area (Å²) >= 11 is 7.46. The lowest BCUT2D eigenvalue weighted by molar-refractivity contribution is -0.114. The Morgan fingerprint density at radius 2 is 1.95 bits per heavy atom. The van der Waals surface area contributed by atoms with E-state index in [4.69, 9.17) is 27.3 Å². The number of nitrogens with two attached hydrogens (primary N) is 1. The number of nitrogens with zero attached hydrogens (tertiary/aromatic N) is 5. The van der Waals surface area contributed by atoms with Gasteiger partial charge in [0.25, 0.3) is 0 Å². The fourth-order valence-corrected chi connectivity index (χ4v) is 7.33. The van der Waals surface area contributed by atoms with Gasteiger partial charge in [-0.15, -0.1) is 23.7 Å². The summed E-state index contributed by atoms with van der Waals surface area (Å²) in [6, 6.07) is 15.3. The predicted molar refractivity (Wildman–Crippen MR) is 171 cm³/mol. The van der Waals surface area contributed by atoms with Crippen LogP contribution in [0.25, 0.3) is 27.6 Å². The maximum atomic E-state index is 13.3. The molecule has 6 rings (SSSR count). The van der Waals surface area contributed by atoms with Crippen molar-refractivity contribution in [2.24, 2.45) is 5.73 Å². The van der Waals surface area contributed by atoms with Crippen LogP contribution in [0.1, 0.15) is 12.8 Å². The highest BCUT2D eigenvalue weighted by Crippen LogP contribution is 2.35. The Morgan fingerprint density at radius 1 is 1.14 bits per heavy atom. The number of imidazole rings is 1. The molecule has 224 valence electrons. The molecule has 1 atom stereocenters. The van der Waals surface area contributed by atoms with Gasteiger partial charge < -0.3 is 16.4 Å². The van der Waals surface area contributed by atoms with Crippen LogP contribution in [0.3, 0.4) is 0 Å². The molecule has 1 fully saturated rings. The Balaban J connectivity index is 0.00000368. The Labute approximate surface area is 263 Å². The molecule has 4 heterocycles. The highest BCUT2D eigenvalue weighted by atomic mass is 35.5. The second kappa shape index (κ2) is 13.0. The zero-order chi connectivity index (χ0) is 29.3. The summed E-state index contributed by atoms with van der Waals surface area (Å²) in [6.45, 7) is 0.606. The Bertz CT molecular complexity index is 1860. The number of nitrogens with one attached hydrogen (secondary N) is 2. The number of anilines is 2. The first-order valence-electron chi connectivity index (χ1n) is 13.2. The van der Waals surface area contributed by atoms with Crippen LogP contribution in [-0.2, 0) is 14.8 Å². The summed E-state index contributed by atoms with van der Waals surface area (Å²) in [7, 11) is -3.66. The first-order chi connectivity index (χ1) is 20.3. The summed E-state index contributed by atoms with van der Waals surface area (Å²) in [5.41, 5.74) is 9.01. The number of aromatic nitrogens is 4. The fourth-order valence-electron chi connectivity index (χ4n) is 4.96. The van der Waals surface area contributed by atoms with E-state index in [1.807, 2.05) is 40.2 Å². The van der Waals surface area contributed by atoms with E-state index in [0.717, 1.165) is 22.6 Å². The number of fused-ring (bicyclic) bond motifs is 1. The van der Waals surface area contributed by atoms with Gasteiger partial charge >= 0.3 is 0 Å². The van der Waals surface area contributed by atoms with Crippen molar-refractivity contribution < 1.29 is 13.2 Å². The molecular formula is C28H28Cl2N8O3S2. The summed E-state index contributed by atoms with van der Waals surface area (Å²) in [5, 5.41) is 8.57. The molecule has 4 N–H and O–H groups in total. The summed E-state index contributed by atoms with van der Waals surface area (Å²) in [6.07, 6.45) is 5.07. The molecule has 0 radical (unpaired) electrons. The summed E-state index contributed by atoms with van der Waals surface area (Å²) < 4.78 is 30.0. The number of piperidine rings is 1. The topological polar surface area (TPSA) is 148 Å². The fraction of sp³-hybridized carbons (Fsp3) is 0.214. The number of thiazole rings is 1. The van der Waals surface area contributed by atoms with Crippen molar-refractivity contribution in [1.82, 2.24) is 23.7 Å². The van der Waals surface area contributed by atoms with Gasteiger partial charge in [0.05, 0.1) is 22.8 Å². The minimum absolute atomic E-state index is 0. The van der Waals surface area contributed by atoms with Gasteiger partial charge in [-0.2, -0.15) is 4.31 Å². The van der Waals surface area contributed by atoms with Crippen LogP contribution >= 0.6 is 35.3 Å². The summed E-state index contributed by atoms with van der Waals surface area (Å²) in [4.78, 5) is 27.0. The van der Waals surface area contributed by atoms with Crippen LogP contribution in [0, 0.1) is 0 Å². The Morgan fingerprint density at radius 3 is 2.74 bits per heavy atom. The third-order valence-corrected chi connectivity index (χ3v) is 9.82. The molecule has 0 bridgehead atoms. The number of carbonyl (C=O) groups is 1. The van der Waals surface area contributed by atoms with Gasteiger partial charge in [0, 0.05) is 53.2 Å². The number of halogens is 2. The lowest BCUT2D eigenvalue weighted by Gasteiger charge is -2.32. The maximum Gasteiger partial charge on any atom is 0.243 e. The normalized spacial score (nSPS) is 15.6. The van der Waals surface area contributed by atoms with E-state index in [1.54, 1.807) is 24.4 Å². The molecule has 11 nitrogen and oxygen atoms in total. The van der Waals surface area contributed by atoms with Crippen LogP contribution in [-0.4, -0.2) is 63.7 Å². The molecule has 1 aliphatic heterocycles. The maximum absolute atomic E-state index is 13.3. The molecule has 0 saturated carbocycles. The Kier molecular flexibility index (Phi) is 9.30. The van der Waals surface area contributed by atoms with Crippen LogP contribution in [0.2, 0.25) is 5.02 Å². The summed E-state index contributed by atoms with van der Waals surface area (Å²) in [5.74, 6) is 0.107. The van der Waals surface area contributed by atoms with Gasteiger partial charge in [-0.05, 0) is 55.3 Å². The minimum atomic E-state index is -3.66. The molecule has 2 aromatic carbocycles. The van der Waals surface area contributed by atoms with Crippen LogP contribution in [0.4, 0.5) is 11.6 Å². The van der Waals surface area contributed by atoms with Crippen molar-refractivity contribution in [2.75, 3.05) is 30.3 Å². The van der Waals surface area contributed by atoms with Gasteiger partial charge in [-0.25, -0.2) is 23.4 Å². The van der Waals surface area contributed by atoms with E-state index in [9.17, 15) is 13.2 Å². The molecule has 0 spiro atoms. The smallest absolute Gasteiger partial charge is 0.243 e. The molecule has 1 saturated heterocycles. The van der Waals surface area contributed by atoms with Crippen molar-refractivity contribution in [3.05, 3.63) is 77.4 Å². The van der Waals surface area contributed by atoms with E-state index in [0.29, 0.717) is 41.0 Å². The lowest BCUT2D eigenvalue weighted by atomic mass is 10.1. The average Bonchev–Trinajstić information content (AvgIpc) is 3.60. The molecule has 1 aliphatic rings. The average molecular weight is 660 g/mol. The predicted octanol–water partition coefficient (Wildman–Crippen LogP) is 4.76. The zero-order valence-electron chi connectivity index (χ0n) is 22.7. The highest BCUT2D eigenvalue weighted by Gasteiger charge is 2.31. The molecule has 3 aromatic heterocycles. The number of benzene rings is 2. The highest BCUT2D eigenvalue weighted by molar-refractivity contribution is 7.89. The number of hydrogen-bond acceptors (Lipinski definition) is 9. The van der Waals surface area contributed by atoms with Crippen LogP contribution in [0.15, 0.2) is 77.3 Å². The second-order valence-electron chi connectivity index (χ2n) is 9.76. The van der Waals surface area contributed by atoms with Gasteiger partial charge in [-0.3, -0.25) is 9.20 Å². The van der Waals surface area contributed by atoms with Crippen molar-refractivity contribution in [3.63, 3.8) is 0 Å². The van der Waals surface area contributed by atoms with E-state index in [-0.39, 0.29) is 42.3 Å². The first-order valence-corrected chi connectivity index (χ1v) is 15.9. The van der Waals surface area contributed by atoms with Gasteiger partial charge in [-0.1, -0.05) is 23.7 Å². The van der Waals surface area contributed by atoms with E-state index in [2.05, 4.69) is 15.6 Å². The van der Waals surface area contributed by atoms with Crippen LogP contribution < -0.4 is 16.4 Å². The monoisotopic (exact) mass is 658 g/mol. The largest absolute Gasteiger partial charge is 0.350 e. The van der Waals surface area contributed by atoms with E-state index < -0.39 is 10.0 Å². The van der Waals surface area contributed by atoms with Crippen molar-refractivity contribution >= 4 is 67.9 Å². The first kappa shape index (κ1) is 30.9. The number of hydrogen-bond donors (Lipinski definition) is 3. The van der Waals surface area contributed by atoms with Gasteiger partial charge in [0.2, 0.25) is 21.9 Å².